The van der Waals surface area contributed by atoms with Gasteiger partial charge in [-0.25, -0.2) is 5.43 Å². The number of furan rings is 1. The zero-order chi connectivity index (χ0) is 17.6. The lowest BCUT2D eigenvalue weighted by molar-refractivity contribution is -0.132. The smallest absolute Gasteiger partial charge is 0.265 e. The molecule has 25 heavy (non-hydrogen) atoms. The van der Waals surface area contributed by atoms with E-state index >= 15 is 0 Å². The van der Waals surface area contributed by atoms with E-state index in [1.807, 2.05) is 6.07 Å². The van der Waals surface area contributed by atoms with Gasteiger partial charge in [0.25, 0.3) is 11.8 Å². The molecule has 0 fully saturated rings. The number of carbonyl (C=O) groups excluding carboxylic acids is 2. The minimum atomic E-state index is -0.809. The van der Waals surface area contributed by atoms with Crippen molar-refractivity contribution in [1.29, 1.82) is 0 Å². The molecule has 8 heteroatoms. The molecule has 1 aliphatic heterocycles. The van der Waals surface area contributed by atoms with Gasteiger partial charge in [0, 0.05) is 0 Å². The number of benzene rings is 1. The Bertz CT molecular complexity index is 785. The molecule has 2 aromatic rings. The van der Waals surface area contributed by atoms with E-state index in [-0.39, 0.29) is 13.2 Å². The first-order valence-electron chi connectivity index (χ1n) is 7.66. The van der Waals surface area contributed by atoms with Crippen molar-refractivity contribution in [2.24, 2.45) is 5.10 Å². The van der Waals surface area contributed by atoms with Crippen LogP contribution in [-0.2, 0) is 9.59 Å². The summed E-state index contributed by atoms with van der Waals surface area (Å²) in [7, 11) is 0. The summed E-state index contributed by atoms with van der Waals surface area (Å²) >= 11 is 0. The first-order chi connectivity index (χ1) is 12.1. The van der Waals surface area contributed by atoms with Gasteiger partial charge in [-0.3, -0.25) is 9.59 Å². The van der Waals surface area contributed by atoms with Crippen molar-refractivity contribution >= 4 is 17.5 Å². The number of nitrogens with one attached hydrogen (secondary N) is 2. The van der Waals surface area contributed by atoms with Gasteiger partial charge in [0.05, 0.1) is 12.8 Å². The number of fused-ring (bicyclic) bond motifs is 1. The fraction of sp³-hybridized carbons (Fsp3) is 0.235. The SMILES string of the molecule is CC(=NNC(=O)CNC(=O)[C@@H]1COc2ccccc2O1)c1ccco1. The van der Waals surface area contributed by atoms with E-state index in [0.717, 1.165) is 0 Å². The number of rotatable bonds is 5. The Labute approximate surface area is 143 Å². The predicted molar refractivity (Wildman–Crippen MR) is 88.4 cm³/mol. The van der Waals surface area contributed by atoms with Crippen LogP contribution in [0, 0.1) is 0 Å². The molecule has 0 spiro atoms. The Morgan fingerprint density at radius 3 is 2.76 bits per heavy atom. The van der Waals surface area contributed by atoms with E-state index in [1.165, 1.54) is 6.26 Å². The van der Waals surface area contributed by atoms with Gasteiger partial charge >= 0.3 is 0 Å². The average Bonchev–Trinajstić information content (AvgIpc) is 3.18. The minimum Gasteiger partial charge on any atom is -0.485 e. The first-order valence-corrected chi connectivity index (χ1v) is 7.66. The molecule has 1 aromatic carbocycles. The fourth-order valence-electron chi connectivity index (χ4n) is 2.16. The molecule has 0 radical (unpaired) electrons. The van der Waals surface area contributed by atoms with Crippen molar-refractivity contribution in [3.05, 3.63) is 48.4 Å². The summed E-state index contributed by atoms with van der Waals surface area (Å²) in [5.74, 6) is 0.743. The van der Waals surface area contributed by atoms with Crippen molar-refractivity contribution in [2.75, 3.05) is 13.2 Å². The lowest BCUT2D eigenvalue weighted by atomic mass is 10.2. The number of amides is 2. The molecule has 0 bridgehead atoms. The summed E-state index contributed by atoms with van der Waals surface area (Å²) in [4.78, 5) is 23.9. The van der Waals surface area contributed by atoms with Crippen LogP contribution in [0.1, 0.15) is 12.7 Å². The average molecular weight is 343 g/mol. The topological polar surface area (TPSA) is 102 Å². The van der Waals surface area contributed by atoms with Crippen LogP contribution < -0.4 is 20.2 Å². The van der Waals surface area contributed by atoms with E-state index < -0.39 is 17.9 Å². The van der Waals surface area contributed by atoms with E-state index in [0.29, 0.717) is 23.0 Å². The Morgan fingerprint density at radius 1 is 1.20 bits per heavy atom. The second-order valence-electron chi connectivity index (χ2n) is 5.29. The molecular formula is C17H17N3O5. The van der Waals surface area contributed by atoms with E-state index in [4.69, 9.17) is 13.9 Å². The van der Waals surface area contributed by atoms with Gasteiger partial charge in [-0.2, -0.15) is 5.10 Å². The molecule has 1 aromatic heterocycles. The van der Waals surface area contributed by atoms with Crippen LogP contribution in [0.25, 0.3) is 0 Å². The van der Waals surface area contributed by atoms with Gasteiger partial charge < -0.3 is 19.2 Å². The first kappa shape index (κ1) is 16.6. The highest BCUT2D eigenvalue weighted by Gasteiger charge is 2.27. The Hall–Kier alpha value is -3.29. The summed E-state index contributed by atoms with van der Waals surface area (Å²) in [5, 5.41) is 6.40. The molecule has 1 aliphatic rings. The van der Waals surface area contributed by atoms with Gasteiger partial charge in [0.1, 0.15) is 18.1 Å². The summed E-state index contributed by atoms with van der Waals surface area (Å²) < 4.78 is 16.2. The van der Waals surface area contributed by atoms with Crippen molar-refractivity contribution in [2.45, 2.75) is 13.0 Å². The maximum atomic E-state index is 12.1. The van der Waals surface area contributed by atoms with Crippen molar-refractivity contribution in [3.8, 4) is 11.5 Å². The van der Waals surface area contributed by atoms with Gasteiger partial charge in [-0.1, -0.05) is 12.1 Å². The van der Waals surface area contributed by atoms with Crippen LogP contribution in [0.2, 0.25) is 0 Å². The van der Waals surface area contributed by atoms with E-state index in [1.54, 1.807) is 37.3 Å². The normalized spacial score (nSPS) is 16.2. The molecule has 2 amide bonds. The molecule has 2 heterocycles. The highest BCUT2D eigenvalue weighted by atomic mass is 16.6. The molecule has 2 N–H and O–H groups in total. The summed E-state index contributed by atoms with van der Waals surface area (Å²) in [6, 6.07) is 10.5. The lowest BCUT2D eigenvalue weighted by Gasteiger charge is -2.25. The van der Waals surface area contributed by atoms with Crippen molar-refractivity contribution < 1.29 is 23.5 Å². The van der Waals surface area contributed by atoms with Crippen molar-refractivity contribution in [1.82, 2.24) is 10.7 Å². The zero-order valence-corrected chi connectivity index (χ0v) is 13.5. The Kier molecular flexibility index (Phi) is 4.98. The molecule has 0 saturated heterocycles. The molecule has 1 atom stereocenters. The number of carbonyl (C=O) groups is 2. The van der Waals surface area contributed by atoms with Crippen LogP contribution in [0.15, 0.2) is 52.2 Å². The monoisotopic (exact) mass is 343 g/mol. The lowest BCUT2D eigenvalue weighted by Crippen LogP contribution is -2.46. The fourth-order valence-corrected chi connectivity index (χ4v) is 2.16. The quantitative estimate of drug-likeness (QED) is 0.625. The number of hydrogen-bond acceptors (Lipinski definition) is 6. The summed E-state index contributed by atoms with van der Waals surface area (Å²) in [5.41, 5.74) is 2.87. The maximum Gasteiger partial charge on any atom is 0.265 e. The zero-order valence-electron chi connectivity index (χ0n) is 13.5. The number of nitrogens with zero attached hydrogens (tertiary/aromatic N) is 1. The van der Waals surface area contributed by atoms with Gasteiger partial charge in [-0.15, -0.1) is 0 Å². The second-order valence-corrected chi connectivity index (χ2v) is 5.29. The van der Waals surface area contributed by atoms with E-state index in [9.17, 15) is 9.59 Å². The maximum absolute atomic E-state index is 12.1. The molecular weight excluding hydrogens is 326 g/mol. The minimum absolute atomic E-state index is 0.0836. The third-order valence-corrected chi connectivity index (χ3v) is 3.45. The largest absolute Gasteiger partial charge is 0.485 e. The number of para-hydroxylation sites is 2. The van der Waals surface area contributed by atoms with Crippen molar-refractivity contribution in [3.63, 3.8) is 0 Å². The molecule has 0 aliphatic carbocycles. The Balaban J connectivity index is 1.46. The molecule has 8 nitrogen and oxygen atoms in total. The third-order valence-electron chi connectivity index (χ3n) is 3.45. The highest BCUT2D eigenvalue weighted by molar-refractivity contribution is 5.97. The highest BCUT2D eigenvalue weighted by Crippen LogP contribution is 2.30. The van der Waals surface area contributed by atoms with Crippen LogP contribution in [0.5, 0.6) is 11.5 Å². The Morgan fingerprint density at radius 2 is 2.00 bits per heavy atom. The standard InChI is InChI=1S/C17H17N3O5/c1-11(12-7-4-8-23-12)19-20-16(21)9-18-17(22)15-10-24-13-5-2-3-6-14(13)25-15/h2-8,15H,9-10H2,1H3,(H,18,22)(H,20,21)/t15-/m0/s1. The van der Waals surface area contributed by atoms with Gasteiger partial charge in [-0.05, 0) is 31.2 Å². The molecule has 130 valence electrons. The molecule has 0 saturated carbocycles. The summed E-state index contributed by atoms with van der Waals surface area (Å²) in [6.07, 6.45) is 0.705. The van der Waals surface area contributed by atoms with Crippen LogP contribution >= 0.6 is 0 Å². The summed E-state index contributed by atoms with van der Waals surface area (Å²) in [6.45, 7) is 1.55. The van der Waals surface area contributed by atoms with Crippen LogP contribution in [0.4, 0.5) is 0 Å². The molecule has 0 unspecified atom stereocenters. The number of ether oxygens (including phenoxy) is 2. The van der Waals surface area contributed by atoms with E-state index in [2.05, 4.69) is 15.8 Å². The van der Waals surface area contributed by atoms with Gasteiger partial charge in [0.2, 0.25) is 6.10 Å². The van der Waals surface area contributed by atoms with Gasteiger partial charge in [0.15, 0.2) is 11.5 Å². The van der Waals surface area contributed by atoms with Crippen LogP contribution in [-0.4, -0.2) is 36.8 Å². The van der Waals surface area contributed by atoms with Crippen LogP contribution in [0.3, 0.4) is 0 Å². The number of hydrazone groups is 1. The molecule has 3 rings (SSSR count). The third kappa shape index (κ3) is 4.17. The second kappa shape index (κ2) is 7.52. The number of hydrogen-bond donors (Lipinski definition) is 2. The predicted octanol–water partition coefficient (Wildman–Crippen LogP) is 1.08.